The van der Waals surface area contributed by atoms with E-state index in [1.54, 1.807) is 0 Å². The summed E-state index contributed by atoms with van der Waals surface area (Å²) in [6.45, 7) is 4.45. The van der Waals surface area contributed by atoms with Gasteiger partial charge >= 0.3 is 0 Å². The van der Waals surface area contributed by atoms with Crippen molar-refractivity contribution in [3.63, 3.8) is 0 Å². The van der Waals surface area contributed by atoms with E-state index < -0.39 is 0 Å². The molecular formula is C21H21Cl2N. The van der Waals surface area contributed by atoms with Crippen LogP contribution in [0.4, 0.5) is 5.69 Å². The molecule has 1 aliphatic carbocycles. The van der Waals surface area contributed by atoms with Gasteiger partial charge in [0.15, 0.2) is 0 Å². The standard InChI is InChI=1S/C21H21Cl2N/c1-12(2)13-6-8-14(9-7-13)20-17-5-3-4-16(17)18-10-15(22)11-19(23)21(18)24-20/h3-4,6-12,16-17,20,24H,5H2,1-2H3/t16-,17+,20+/m1/s1. The van der Waals surface area contributed by atoms with Crippen molar-refractivity contribution < 1.29 is 0 Å². The molecule has 0 aromatic heterocycles. The molecule has 0 radical (unpaired) electrons. The molecule has 0 saturated carbocycles. The third kappa shape index (κ3) is 2.64. The summed E-state index contributed by atoms with van der Waals surface area (Å²) in [4.78, 5) is 0. The number of benzene rings is 2. The van der Waals surface area contributed by atoms with E-state index in [4.69, 9.17) is 23.2 Å². The maximum Gasteiger partial charge on any atom is 0.0655 e. The van der Waals surface area contributed by atoms with Crippen LogP contribution < -0.4 is 5.32 Å². The Balaban J connectivity index is 1.75. The first-order valence-electron chi connectivity index (χ1n) is 8.56. The van der Waals surface area contributed by atoms with Crippen LogP contribution in [0.25, 0.3) is 0 Å². The average molecular weight is 358 g/mol. The maximum absolute atomic E-state index is 6.49. The summed E-state index contributed by atoms with van der Waals surface area (Å²) in [7, 11) is 0. The highest BCUT2D eigenvalue weighted by Gasteiger charge is 2.38. The summed E-state index contributed by atoms with van der Waals surface area (Å²) in [5.74, 6) is 1.45. The largest absolute Gasteiger partial charge is 0.376 e. The molecule has 1 N–H and O–H groups in total. The van der Waals surface area contributed by atoms with Gasteiger partial charge in [-0.05, 0) is 47.1 Å². The predicted molar refractivity (Wildman–Crippen MR) is 103 cm³/mol. The molecule has 1 heterocycles. The molecule has 2 aromatic rings. The molecule has 2 aromatic carbocycles. The van der Waals surface area contributed by atoms with Crippen LogP contribution in [0.5, 0.6) is 0 Å². The SMILES string of the molecule is CC(C)c1ccc([C@@H]2Nc3c(Cl)cc(Cl)cc3[C@@H]3C=CC[C@@H]32)cc1. The molecular weight excluding hydrogens is 337 g/mol. The molecule has 3 heteroatoms. The fourth-order valence-electron chi connectivity index (χ4n) is 4.04. The van der Waals surface area contributed by atoms with Gasteiger partial charge in [-0.1, -0.05) is 73.5 Å². The predicted octanol–water partition coefficient (Wildman–Crippen LogP) is 6.94. The van der Waals surface area contributed by atoms with Crippen molar-refractivity contribution in [1.29, 1.82) is 0 Å². The van der Waals surface area contributed by atoms with E-state index in [2.05, 4.69) is 61.6 Å². The highest BCUT2D eigenvalue weighted by atomic mass is 35.5. The molecule has 1 aliphatic heterocycles. The number of rotatable bonds is 2. The quantitative estimate of drug-likeness (QED) is 0.573. The lowest BCUT2D eigenvalue weighted by Gasteiger charge is -2.38. The second-order valence-corrected chi connectivity index (χ2v) is 7.99. The van der Waals surface area contributed by atoms with Crippen LogP contribution in [0.2, 0.25) is 10.0 Å². The van der Waals surface area contributed by atoms with Crippen molar-refractivity contribution >= 4 is 28.9 Å². The lowest BCUT2D eigenvalue weighted by Crippen LogP contribution is -2.29. The van der Waals surface area contributed by atoms with E-state index in [0.717, 1.165) is 12.1 Å². The number of hydrogen-bond acceptors (Lipinski definition) is 1. The number of fused-ring (bicyclic) bond motifs is 3. The van der Waals surface area contributed by atoms with E-state index in [9.17, 15) is 0 Å². The summed E-state index contributed by atoms with van der Waals surface area (Å²) < 4.78 is 0. The molecule has 124 valence electrons. The second kappa shape index (κ2) is 6.13. The molecule has 0 amide bonds. The van der Waals surface area contributed by atoms with Crippen LogP contribution in [0.15, 0.2) is 48.6 Å². The summed E-state index contributed by atoms with van der Waals surface area (Å²) in [5, 5.41) is 5.11. The second-order valence-electron chi connectivity index (χ2n) is 7.15. The Bertz CT molecular complexity index is 792. The van der Waals surface area contributed by atoms with E-state index in [1.165, 1.54) is 16.7 Å². The van der Waals surface area contributed by atoms with Gasteiger partial charge in [0.2, 0.25) is 0 Å². The highest BCUT2D eigenvalue weighted by molar-refractivity contribution is 6.36. The molecule has 24 heavy (non-hydrogen) atoms. The number of allylic oxidation sites excluding steroid dienone is 2. The summed E-state index contributed by atoms with van der Waals surface area (Å²) in [6.07, 6.45) is 5.68. The Labute approximate surface area is 153 Å². The van der Waals surface area contributed by atoms with Gasteiger partial charge in [0, 0.05) is 10.9 Å². The highest BCUT2D eigenvalue weighted by Crippen LogP contribution is 2.52. The van der Waals surface area contributed by atoms with Crippen LogP contribution in [-0.2, 0) is 0 Å². The normalized spacial score (nSPS) is 24.6. The zero-order valence-electron chi connectivity index (χ0n) is 13.9. The van der Waals surface area contributed by atoms with Crippen molar-refractivity contribution in [2.24, 2.45) is 5.92 Å². The van der Waals surface area contributed by atoms with E-state index in [0.29, 0.717) is 27.8 Å². The zero-order valence-corrected chi connectivity index (χ0v) is 15.4. The molecule has 0 bridgehead atoms. The van der Waals surface area contributed by atoms with E-state index in [1.807, 2.05) is 6.07 Å². The van der Waals surface area contributed by atoms with Crippen molar-refractivity contribution in [1.82, 2.24) is 0 Å². The molecule has 0 spiro atoms. The van der Waals surface area contributed by atoms with Gasteiger partial charge < -0.3 is 5.32 Å². The minimum atomic E-state index is 0.275. The van der Waals surface area contributed by atoms with E-state index in [-0.39, 0.29) is 6.04 Å². The van der Waals surface area contributed by atoms with Gasteiger partial charge in [-0.3, -0.25) is 0 Å². The van der Waals surface area contributed by atoms with Crippen LogP contribution in [0.1, 0.15) is 54.8 Å². The lowest BCUT2D eigenvalue weighted by atomic mass is 9.77. The smallest absolute Gasteiger partial charge is 0.0655 e. The molecule has 0 saturated heterocycles. The van der Waals surface area contributed by atoms with Crippen molar-refractivity contribution in [2.75, 3.05) is 5.32 Å². The van der Waals surface area contributed by atoms with Crippen LogP contribution in [0.3, 0.4) is 0 Å². The Morgan fingerprint density at radius 1 is 1.08 bits per heavy atom. The van der Waals surface area contributed by atoms with Crippen LogP contribution in [0, 0.1) is 5.92 Å². The van der Waals surface area contributed by atoms with Crippen molar-refractivity contribution in [3.05, 3.63) is 75.3 Å². The molecule has 1 nitrogen and oxygen atoms in total. The third-order valence-corrected chi connectivity index (χ3v) is 5.86. The topological polar surface area (TPSA) is 12.0 Å². The first-order chi connectivity index (χ1) is 11.5. The number of halogens is 2. The van der Waals surface area contributed by atoms with Gasteiger partial charge in [-0.2, -0.15) is 0 Å². The fraction of sp³-hybridized carbons (Fsp3) is 0.333. The zero-order chi connectivity index (χ0) is 16.8. The lowest BCUT2D eigenvalue weighted by molar-refractivity contribution is 0.425. The molecule has 0 unspecified atom stereocenters. The Kier molecular flexibility index (Phi) is 4.10. The Morgan fingerprint density at radius 2 is 1.83 bits per heavy atom. The Hall–Kier alpha value is -1.44. The number of hydrogen-bond donors (Lipinski definition) is 1. The third-order valence-electron chi connectivity index (χ3n) is 5.35. The van der Waals surface area contributed by atoms with Gasteiger partial charge in [0.1, 0.15) is 0 Å². The summed E-state index contributed by atoms with van der Waals surface area (Å²) in [5.41, 5.74) is 4.96. The molecule has 3 atom stereocenters. The number of anilines is 1. The summed E-state index contributed by atoms with van der Waals surface area (Å²) in [6, 6.07) is 13.2. The molecule has 0 fully saturated rings. The molecule has 2 aliphatic rings. The van der Waals surface area contributed by atoms with Gasteiger partial charge in [0.05, 0.1) is 16.8 Å². The monoisotopic (exact) mass is 357 g/mol. The minimum absolute atomic E-state index is 0.275. The molecule has 4 rings (SSSR count). The van der Waals surface area contributed by atoms with Crippen LogP contribution in [-0.4, -0.2) is 0 Å². The first kappa shape index (κ1) is 16.1. The van der Waals surface area contributed by atoms with E-state index >= 15 is 0 Å². The summed E-state index contributed by atoms with van der Waals surface area (Å²) >= 11 is 12.7. The van der Waals surface area contributed by atoms with Gasteiger partial charge in [-0.25, -0.2) is 0 Å². The van der Waals surface area contributed by atoms with Gasteiger partial charge in [-0.15, -0.1) is 0 Å². The van der Waals surface area contributed by atoms with Gasteiger partial charge in [0.25, 0.3) is 0 Å². The van der Waals surface area contributed by atoms with Crippen LogP contribution >= 0.6 is 23.2 Å². The Morgan fingerprint density at radius 3 is 2.54 bits per heavy atom. The average Bonchev–Trinajstić information content (AvgIpc) is 3.04. The minimum Gasteiger partial charge on any atom is -0.376 e. The maximum atomic E-state index is 6.49. The van der Waals surface area contributed by atoms with Crippen molar-refractivity contribution in [3.8, 4) is 0 Å². The first-order valence-corrected chi connectivity index (χ1v) is 9.32. The number of nitrogens with one attached hydrogen (secondary N) is 1. The fourth-order valence-corrected chi connectivity index (χ4v) is 4.60. The van der Waals surface area contributed by atoms with Crippen molar-refractivity contribution in [2.45, 2.75) is 38.1 Å².